The van der Waals surface area contributed by atoms with Crippen molar-refractivity contribution in [2.24, 2.45) is 0 Å². The summed E-state index contributed by atoms with van der Waals surface area (Å²) in [5.74, 6) is 0. The second-order valence-corrected chi connectivity index (χ2v) is 23.3. The van der Waals surface area contributed by atoms with Crippen LogP contribution in [0.25, 0.3) is 3.59 Å². The SMILES string of the molecule is CCC[CH2][Sn]([CH2]CCC)([CH2]CCC)/[C](=C/CN(C(=O)O)C(C)(C)C)c1ccc(Cl)cc1. The molecule has 0 unspecified atom stereocenters. The first kappa shape index (κ1) is 28.4. The Balaban J connectivity index is 3.59. The summed E-state index contributed by atoms with van der Waals surface area (Å²) < 4.78 is 5.56. The number of halogens is 1. The van der Waals surface area contributed by atoms with E-state index >= 15 is 0 Å². The molecule has 0 saturated carbocycles. The van der Waals surface area contributed by atoms with Crippen molar-refractivity contribution < 1.29 is 9.90 Å². The predicted molar refractivity (Wildman–Crippen MR) is 139 cm³/mol. The first-order valence-electron chi connectivity index (χ1n) is 12.1. The van der Waals surface area contributed by atoms with Gasteiger partial charge in [0.1, 0.15) is 0 Å². The molecule has 5 heteroatoms. The second kappa shape index (κ2) is 13.8. The molecule has 0 aromatic heterocycles. The molecule has 1 aromatic carbocycles. The van der Waals surface area contributed by atoms with Crippen molar-refractivity contribution >= 4 is 39.7 Å². The molecular formula is C26H44ClNO2Sn. The minimum atomic E-state index is -2.77. The van der Waals surface area contributed by atoms with Crippen LogP contribution in [0.4, 0.5) is 4.79 Å². The van der Waals surface area contributed by atoms with Gasteiger partial charge in [-0.15, -0.1) is 0 Å². The molecule has 1 aromatic rings. The van der Waals surface area contributed by atoms with Crippen LogP contribution in [0.15, 0.2) is 30.3 Å². The van der Waals surface area contributed by atoms with Gasteiger partial charge in [-0.1, -0.05) is 0 Å². The minimum absolute atomic E-state index is 0.429. The Kier molecular flexibility index (Phi) is 12.6. The summed E-state index contributed by atoms with van der Waals surface area (Å²) in [4.78, 5) is 13.6. The first-order valence-corrected chi connectivity index (χ1v) is 19.9. The van der Waals surface area contributed by atoms with Crippen LogP contribution < -0.4 is 0 Å². The molecule has 0 fully saturated rings. The fourth-order valence-electron chi connectivity index (χ4n) is 4.42. The van der Waals surface area contributed by atoms with Crippen LogP contribution in [0, 0.1) is 0 Å². The molecule has 0 spiro atoms. The number of hydrogen-bond donors (Lipinski definition) is 1. The number of unbranched alkanes of at least 4 members (excludes halogenated alkanes) is 3. The standard InChI is InChI=1S/C14H17ClNO2.3C4H9.Sn/c1-14(2,3)16(13(17)18)10-4-5-11-6-8-12(15)9-7-11;3*1-3-4-2;/h4,6-9H,10H2,1-3H3,(H,17,18);3*1,3-4H2,2H3;. The zero-order valence-electron chi connectivity index (χ0n) is 20.6. The third-order valence-electron chi connectivity index (χ3n) is 6.27. The van der Waals surface area contributed by atoms with Gasteiger partial charge in [0.05, 0.1) is 0 Å². The van der Waals surface area contributed by atoms with E-state index in [1.165, 1.54) is 61.0 Å². The van der Waals surface area contributed by atoms with Gasteiger partial charge in [0, 0.05) is 0 Å². The molecule has 0 atom stereocenters. The summed E-state index contributed by atoms with van der Waals surface area (Å²) in [5.41, 5.74) is 0.838. The van der Waals surface area contributed by atoms with Gasteiger partial charge in [0.25, 0.3) is 0 Å². The third-order valence-corrected chi connectivity index (χ3v) is 22.4. The van der Waals surface area contributed by atoms with Crippen molar-refractivity contribution in [3.05, 3.63) is 40.9 Å². The molecule has 0 aliphatic carbocycles. The van der Waals surface area contributed by atoms with Crippen molar-refractivity contribution in [2.75, 3.05) is 6.54 Å². The van der Waals surface area contributed by atoms with Gasteiger partial charge in [0.15, 0.2) is 0 Å². The van der Waals surface area contributed by atoms with Crippen molar-refractivity contribution in [3.63, 3.8) is 0 Å². The van der Waals surface area contributed by atoms with Crippen LogP contribution in [0.3, 0.4) is 0 Å². The average Bonchev–Trinajstić information content (AvgIpc) is 2.71. The molecule has 176 valence electrons. The molecule has 0 aliphatic rings. The summed E-state index contributed by atoms with van der Waals surface area (Å²) in [6.07, 6.45) is 8.91. The van der Waals surface area contributed by atoms with E-state index < -0.39 is 30.0 Å². The topological polar surface area (TPSA) is 40.5 Å². The Hall–Kier alpha value is -0.681. The van der Waals surface area contributed by atoms with E-state index in [2.05, 4.69) is 39.0 Å². The fourth-order valence-corrected chi connectivity index (χ4v) is 21.5. The van der Waals surface area contributed by atoms with E-state index in [4.69, 9.17) is 11.6 Å². The molecule has 0 heterocycles. The Morgan fingerprint density at radius 1 is 0.968 bits per heavy atom. The first-order chi connectivity index (χ1) is 14.6. The van der Waals surface area contributed by atoms with Crippen LogP contribution in [-0.2, 0) is 0 Å². The molecule has 1 N–H and O–H groups in total. The molecule has 0 bridgehead atoms. The molecule has 1 rings (SSSR count). The maximum absolute atomic E-state index is 12.0. The Labute approximate surface area is 200 Å². The summed E-state index contributed by atoms with van der Waals surface area (Å²) in [6.45, 7) is 13.2. The molecule has 1 amide bonds. The van der Waals surface area contributed by atoms with Gasteiger partial charge in [-0.05, 0) is 0 Å². The predicted octanol–water partition coefficient (Wildman–Crippen LogP) is 8.89. The van der Waals surface area contributed by atoms with Gasteiger partial charge in [0.2, 0.25) is 0 Å². The fraction of sp³-hybridized carbons (Fsp3) is 0.654. The van der Waals surface area contributed by atoms with Crippen LogP contribution in [0.5, 0.6) is 0 Å². The molecule has 0 radical (unpaired) electrons. The average molecular weight is 557 g/mol. The van der Waals surface area contributed by atoms with Crippen LogP contribution in [0.1, 0.15) is 85.6 Å². The Morgan fingerprint density at radius 2 is 1.42 bits per heavy atom. The summed E-state index contributed by atoms with van der Waals surface area (Å²) in [6, 6.07) is 8.29. The molecule has 31 heavy (non-hydrogen) atoms. The normalized spacial score (nSPS) is 12.8. The zero-order valence-corrected chi connectivity index (χ0v) is 24.2. The van der Waals surface area contributed by atoms with E-state index in [-0.39, 0.29) is 0 Å². The quantitative estimate of drug-likeness (QED) is 0.247. The van der Waals surface area contributed by atoms with Gasteiger partial charge in [-0.25, -0.2) is 0 Å². The van der Waals surface area contributed by atoms with Crippen LogP contribution >= 0.6 is 11.6 Å². The van der Waals surface area contributed by atoms with Gasteiger partial charge >= 0.3 is 201 Å². The van der Waals surface area contributed by atoms with E-state index in [1.54, 1.807) is 4.90 Å². The number of hydrogen-bond acceptors (Lipinski definition) is 1. The van der Waals surface area contributed by atoms with Crippen molar-refractivity contribution in [3.8, 4) is 0 Å². The monoisotopic (exact) mass is 557 g/mol. The summed E-state index contributed by atoms with van der Waals surface area (Å²) in [5, 5.41) is 10.6. The third kappa shape index (κ3) is 9.00. The molecular weight excluding hydrogens is 512 g/mol. The van der Waals surface area contributed by atoms with Gasteiger partial charge in [-0.2, -0.15) is 0 Å². The number of amides is 1. The number of nitrogens with zero attached hydrogens (tertiary/aromatic N) is 1. The van der Waals surface area contributed by atoms with E-state index in [1.807, 2.05) is 32.9 Å². The van der Waals surface area contributed by atoms with Crippen LogP contribution in [0.2, 0.25) is 18.3 Å². The maximum atomic E-state index is 12.0. The van der Waals surface area contributed by atoms with E-state index in [0.717, 1.165) is 5.02 Å². The number of carboxylic acid groups (broad SMARTS) is 1. The molecule has 0 aliphatic heterocycles. The van der Waals surface area contributed by atoms with Crippen molar-refractivity contribution in [1.29, 1.82) is 0 Å². The van der Waals surface area contributed by atoms with Gasteiger partial charge in [-0.3, -0.25) is 0 Å². The van der Waals surface area contributed by atoms with Crippen LogP contribution in [-0.4, -0.2) is 46.6 Å². The van der Waals surface area contributed by atoms with E-state index in [9.17, 15) is 9.90 Å². The summed E-state index contributed by atoms with van der Waals surface area (Å²) in [7, 11) is 0. The number of benzene rings is 1. The summed E-state index contributed by atoms with van der Waals surface area (Å²) >= 11 is 3.45. The second-order valence-electron chi connectivity index (χ2n) is 9.78. The molecule has 0 saturated heterocycles. The van der Waals surface area contributed by atoms with Crippen molar-refractivity contribution in [1.82, 2.24) is 4.90 Å². The molecule has 3 nitrogen and oxygen atoms in total. The number of carbonyl (C=O) groups is 1. The van der Waals surface area contributed by atoms with E-state index in [0.29, 0.717) is 6.54 Å². The number of rotatable bonds is 13. The van der Waals surface area contributed by atoms with Crippen molar-refractivity contribution in [2.45, 2.75) is 98.9 Å². The Morgan fingerprint density at radius 3 is 1.77 bits per heavy atom. The van der Waals surface area contributed by atoms with Gasteiger partial charge < -0.3 is 0 Å². The Bertz CT molecular complexity index is 673. The zero-order chi connectivity index (χ0) is 23.5.